The van der Waals surface area contributed by atoms with Gasteiger partial charge in [-0.2, -0.15) is 0 Å². The molecular weight excluding hydrogens is 260 g/mol. The SMILES string of the molecule is O=C(CSc1nnc2n1CCCCC2)N1CCCC1. The highest BCUT2D eigenvalue weighted by atomic mass is 32.2. The number of likely N-dealkylation sites (tertiary alicyclic amines) is 1. The van der Waals surface area contributed by atoms with Gasteiger partial charge in [-0.1, -0.05) is 18.2 Å². The summed E-state index contributed by atoms with van der Waals surface area (Å²) in [5.74, 6) is 1.83. The van der Waals surface area contributed by atoms with E-state index in [1.165, 1.54) is 19.3 Å². The molecule has 1 saturated heterocycles. The molecule has 0 unspecified atom stereocenters. The fraction of sp³-hybridized carbons (Fsp3) is 0.769. The lowest BCUT2D eigenvalue weighted by Crippen LogP contribution is -2.29. The second-order valence-electron chi connectivity index (χ2n) is 5.24. The summed E-state index contributed by atoms with van der Waals surface area (Å²) in [5, 5.41) is 9.42. The monoisotopic (exact) mass is 280 g/mol. The van der Waals surface area contributed by atoms with Crippen LogP contribution in [0, 0.1) is 0 Å². The summed E-state index contributed by atoms with van der Waals surface area (Å²) in [4.78, 5) is 14.0. The van der Waals surface area contributed by atoms with Crippen molar-refractivity contribution < 1.29 is 4.79 Å². The lowest BCUT2D eigenvalue weighted by Gasteiger charge is -2.14. The molecule has 0 aliphatic carbocycles. The van der Waals surface area contributed by atoms with E-state index >= 15 is 0 Å². The first kappa shape index (κ1) is 13.0. The molecule has 1 fully saturated rings. The highest BCUT2D eigenvalue weighted by Crippen LogP contribution is 2.22. The molecule has 0 saturated carbocycles. The van der Waals surface area contributed by atoms with Crippen LogP contribution in [0.2, 0.25) is 0 Å². The minimum Gasteiger partial charge on any atom is -0.342 e. The van der Waals surface area contributed by atoms with Crippen molar-refractivity contribution in [2.24, 2.45) is 0 Å². The van der Waals surface area contributed by atoms with Gasteiger partial charge in [0.1, 0.15) is 5.82 Å². The minimum atomic E-state index is 0.244. The van der Waals surface area contributed by atoms with Crippen molar-refractivity contribution >= 4 is 17.7 Å². The fourth-order valence-electron chi connectivity index (χ4n) is 2.75. The Hall–Kier alpha value is -1.04. The van der Waals surface area contributed by atoms with E-state index in [1.807, 2.05) is 4.90 Å². The van der Waals surface area contributed by atoms with Gasteiger partial charge in [0.25, 0.3) is 0 Å². The number of hydrogen-bond donors (Lipinski definition) is 0. The van der Waals surface area contributed by atoms with Crippen molar-refractivity contribution in [1.29, 1.82) is 0 Å². The van der Waals surface area contributed by atoms with Crippen LogP contribution in [0.4, 0.5) is 0 Å². The molecule has 0 N–H and O–H groups in total. The third-order valence-electron chi connectivity index (χ3n) is 3.86. The van der Waals surface area contributed by atoms with Gasteiger partial charge < -0.3 is 9.47 Å². The van der Waals surface area contributed by atoms with Gasteiger partial charge in [-0.15, -0.1) is 10.2 Å². The Labute approximate surface area is 117 Å². The molecule has 0 aromatic carbocycles. The number of nitrogens with zero attached hydrogens (tertiary/aromatic N) is 4. The molecule has 0 radical (unpaired) electrons. The number of rotatable bonds is 3. The van der Waals surface area contributed by atoms with Gasteiger partial charge in [0.15, 0.2) is 5.16 Å². The standard InChI is InChI=1S/C13H20N4OS/c18-12(16-7-4-5-8-16)10-19-13-15-14-11-6-2-1-3-9-17(11)13/h1-10H2. The molecule has 104 valence electrons. The summed E-state index contributed by atoms with van der Waals surface area (Å²) >= 11 is 1.54. The zero-order valence-corrected chi connectivity index (χ0v) is 12.0. The summed E-state index contributed by atoms with van der Waals surface area (Å²) in [7, 11) is 0. The van der Waals surface area contributed by atoms with Crippen LogP contribution in [0.5, 0.6) is 0 Å². The number of carbonyl (C=O) groups excluding carboxylic acids is 1. The number of aryl methyl sites for hydroxylation is 1. The first-order chi connectivity index (χ1) is 9.34. The number of aromatic nitrogens is 3. The summed E-state index contributed by atoms with van der Waals surface area (Å²) in [6, 6.07) is 0. The molecular formula is C13H20N4OS. The van der Waals surface area contributed by atoms with Crippen molar-refractivity contribution in [3.05, 3.63) is 5.82 Å². The zero-order valence-electron chi connectivity index (χ0n) is 11.2. The molecule has 0 atom stereocenters. The predicted molar refractivity (Wildman–Crippen MR) is 74.1 cm³/mol. The van der Waals surface area contributed by atoms with Crippen LogP contribution in [-0.4, -0.2) is 44.4 Å². The van der Waals surface area contributed by atoms with Gasteiger partial charge in [-0.3, -0.25) is 4.79 Å². The molecule has 5 nitrogen and oxygen atoms in total. The van der Waals surface area contributed by atoms with E-state index in [4.69, 9.17) is 0 Å². The second-order valence-corrected chi connectivity index (χ2v) is 6.18. The van der Waals surface area contributed by atoms with Crippen LogP contribution in [0.1, 0.15) is 37.9 Å². The minimum absolute atomic E-state index is 0.244. The van der Waals surface area contributed by atoms with Gasteiger partial charge in [0.05, 0.1) is 5.75 Å². The van der Waals surface area contributed by atoms with Crippen molar-refractivity contribution in [3.8, 4) is 0 Å². The van der Waals surface area contributed by atoms with Crippen LogP contribution in [0.3, 0.4) is 0 Å². The Morgan fingerprint density at radius 3 is 2.68 bits per heavy atom. The summed E-state index contributed by atoms with van der Waals surface area (Å²) in [6.07, 6.45) is 6.98. The van der Waals surface area contributed by atoms with E-state index in [0.717, 1.165) is 49.9 Å². The molecule has 6 heteroatoms. The molecule has 0 spiro atoms. The summed E-state index contributed by atoms with van der Waals surface area (Å²) in [6.45, 7) is 2.86. The molecule has 2 aliphatic heterocycles. The van der Waals surface area contributed by atoms with Crippen molar-refractivity contribution in [2.45, 2.75) is 50.2 Å². The highest BCUT2D eigenvalue weighted by molar-refractivity contribution is 7.99. The van der Waals surface area contributed by atoms with Crippen LogP contribution < -0.4 is 0 Å². The highest BCUT2D eigenvalue weighted by Gasteiger charge is 2.20. The maximum Gasteiger partial charge on any atom is 0.233 e. The first-order valence-corrected chi connectivity index (χ1v) is 8.16. The molecule has 1 aromatic rings. The van der Waals surface area contributed by atoms with Gasteiger partial charge in [0.2, 0.25) is 5.91 Å². The predicted octanol–water partition coefficient (Wildman–Crippen LogP) is 1.72. The molecule has 19 heavy (non-hydrogen) atoms. The molecule has 1 aromatic heterocycles. The maximum atomic E-state index is 12.0. The quantitative estimate of drug-likeness (QED) is 0.791. The van der Waals surface area contributed by atoms with E-state index in [0.29, 0.717) is 5.75 Å². The number of carbonyl (C=O) groups is 1. The Morgan fingerprint density at radius 1 is 1.05 bits per heavy atom. The normalized spacial score (nSPS) is 19.3. The molecule has 1 amide bonds. The molecule has 3 heterocycles. The van der Waals surface area contributed by atoms with E-state index in [1.54, 1.807) is 11.8 Å². The molecule has 3 rings (SSSR count). The number of hydrogen-bond acceptors (Lipinski definition) is 4. The average Bonchev–Trinajstić information content (AvgIpc) is 3.02. The van der Waals surface area contributed by atoms with Crippen molar-refractivity contribution in [3.63, 3.8) is 0 Å². The Kier molecular flexibility index (Phi) is 4.06. The summed E-state index contributed by atoms with van der Waals surface area (Å²) in [5.41, 5.74) is 0. The molecule has 2 aliphatic rings. The smallest absolute Gasteiger partial charge is 0.233 e. The van der Waals surface area contributed by atoms with Crippen molar-refractivity contribution in [1.82, 2.24) is 19.7 Å². The van der Waals surface area contributed by atoms with E-state index in [2.05, 4.69) is 14.8 Å². The second kappa shape index (κ2) is 5.94. The van der Waals surface area contributed by atoms with Crippen LogP contribution >= 0.6 is 11.8 Å². The average molecular weight is 280 g/mol. The molecule has 0 bridgehead atoms. The van der Waals surface area contributed by atoms with E-state index in [-0.39, 0.29) is 5.91 Å². The fourth-order valence-corrected chi connectivity index (χ4v) is 3.64. The third kappa shape index (κ3) is 2.94. The number of thioether (sulfide) groups is 1. The lowest BCUT2D eigenvalue weighted by molar-refractivity contribution is -0.127. The Morgan fingerprint density at radius 2 is 1.84 bits per heavy atom. The van der Waals surface area contributed by atoms with Gasteiger partial charge >= 0.3 is 0 Å². The van der Waals surface area contributed by atoms with Gasteiger partial charge in [-0.05, 0) is 25.7 Å². The van der Waals surface area contributed by atoms with Crippen LogP contribution in [0.15, 0.2) is 5.16 Å². The van der Waals surface area contributed by atoms with Crippen LogP contribution in [-0.2, 0) is 17.8 Å². The summed E-state index contributed by atoms with van der Waals surface area (Å²) < 4.78 is 2.20. The zero-order chi connectivity index (χ0) is 13.1. The third-order valence-corrected chi connectivity index (χ3v) is 4.81. The Balaban J connectivity index is 1.60. The van der Waals surface area contributed by atoms with Gasteiger partial charge in [-0.25, -0.2) is 0 Å². The largest absolute Gasteiger partial charge is 0.342 e. The lowest BCUT2D eigenvalue weighted by atomic mass is 10.2. The topological polar surface area (TPSA) is 51.0 Å². The number of amides is 1. The van der Waals surface area contributed by atoms with Crippen LogP contribution in [0.25, 0.3) is 0 Å². The maximum absolute atomic E-state index is 12.0. The Bertz CT molecular complexity index is 453. The van der Waals surface area contributed by atoms with E-state index in [9.17, 15) is 4.79 Å². The van der Waals surface area contributed by atoms with Crippen molar-refractivity contribution in [2.75, 3.05) is 18.8 Å². The first-order valence-electron chi connectivity index (χ1n) is 7.17. The van der Waals surface area contributed by atoms with E-state index < -0.39 is 0 Å². The van der Waals surface area contributed by atoms with Gasteiger partial charge in [0, 0.05) is 26.1 Å². The number of fused-ring (bicyclic) bond motifs is 1.